The summed E-state index contributed by atoms with van der Waals surface area (Å²) in [5.74, 6) is 0.610. The summed E-state index contributed by atoms with van der Waals surface area (Å²) < 4.78 is 56.6. The summed E-state index contributed by atoms with van der Waals surface area (Å²) in [5.41, 5.74) is 4.11. The van der Waals surface area contributed by atoms with E-state index in [4.69, 9.17) is 14.2 Å². The van der Waals surface area contributed by atoms with Crippen molar-refractivity contribution in [2.75, 3.05) is 24.4 Å². The largest absolute Gasteiger partial charge is 0.493 e. The van der Waals surface area contributed by atoms with Gasteiger partial charge in [0.05, 0.1) is 19.7 Å². The van der Waals surface area contributed by atoms with Gasteiger partial charge in [-0.2, -0.15) is 0 Å². The van der Waals surface area contributed by atoms with Gasteiger partial charge in [0.15, 0.2) is 23.1 Å². The highest BCUT2D eigenvalue weighted by Gasteiger charge is 2.22. The van der Waals surface area contributed by atoms with Crippen LogP contribution in [0.4, 0.5) is 30.4 Å². The van der Waals surface area contributed by atoms with Gasteiger partial charge < -0.3 is 24.4 Å². The molecule has 0 aliphatic carbocycles. The minimum absolute atomic E-state index is 0. The van der Waals surface area contributed by atoms with Crippen molar-refractivity contribution >= 4 is 39.9 Å². The fraction of sp³-hybridized carbons (Fsp3) is 0.0811. The van der Waals surface area contributed by atoms with Gasteiger partial charge in [-0.3, -0.25) is 4.98 Å². The molecule has 0 radical (unpaired) electrons. The quantitative estimate of drug-likeness (QED) is 0.170. The van der Waals surface area contributed by atoms with Crippen LogP contribution in [0.25, 0.3) is 22.7 Å². The third-order valence-corrected chi connectivity index (χ3v) is 6.91. The van der Waals surface area contributed by atoms with E-state index < -0.39 is 11.6 Å². The Balaban J connectivity index is 0.000000776. The summed E-state index contributed by atoms with van der Waals surface area (Å²) in [6.45, 7) is 10.2. The highest BCUT2D eigenvalue weighted by molar-refractivity contribution is 5.93. The van der Waals surface area contributed by atoms with Crippen LogP contribution in [0.15, 0.2) is 117 Å². The highest BCUT2D eigenvalue weighted by Crippen LogP contribution is 2.39. The predicted octanol–water partition coefficient (Wildman–Crippen LogP) is 10.2. The lowest BCUT2D eigenvalue weighted by Crippen LogP contribution is -2.18. The number of methoxy groups -OCH3 is 2. The number of rotatable bonds is 8. The number of halogens is 3. The summed E-state index contributed by atoms with van der Waals surface area (Å²) >= 11 is 0. The number of nitrogens with one attached hydrogen (secondary N) is 1. The summed E-state index contributed by atoms with van der Waals surface area (Å²) in [4.78, 5) is 10.7. The number of pyridine rings is 2. The van der Waals surface area contributed by atoms with E-state index >= 15 is 4.39 Å². The Hall–Kier alpha value is -6.03. The second-order valence-corrected chi connectivity index (χ2v) is 9.79. The third kappa shape index (κ3) is 7.45. The van der Waals surface area contributed by atoms with E-state index in [-0.39, 0.29) is 19.0 Å². The molecule has 0 atom stereocenters. The maximum atomic E-state index is 15.3. The number of allylic oxidation sites excluding steroid dienone is 2. The van der Waals surface area contributed by atoms with Gasteiger partial charge in [0.2, 0.25) is 0 Å². The van der Waals surface area contributed by atoms with Crippen LogP contribution < -0.4 is 24.4 Å². The smallest absolute Gasteiger partial charge is 0.167 e. The van der Waals surface area contributed by atoms with Crippen LogP contribution in [0, 0.1) is 11.6 Å². The maximum absolute atomic E-state index is 15.3. The summed E-state index contributed by atoms with van der Waals surface area (Å²) in [7, 11) is 3.08. The normalized spacial score (nSPS) is 11.4. The molecule has 0 saturated heterocycles. The van der Waals surface area contributed by atoms with Gasteiger partial charge in [-0.1, -0.05) is 27.2 Å². The molecular formula is C37H33F3N4O3. The van der Waals surface area contributed by atoms with Gasteiger partial charge in [-0.05, 0) is 72.3 Å². The zero-order chi connectivity index (χ0) is 32.8. The molecule has 1 aliphatic heterocycles. The van der Waals surface area contributed by atoms with Crippen LogP contribution in [-0.4, -0.2) is 24.2 Å². The second kappa shape index (κ2) is 14.8. The molecule has 1 aliphatic rings. The molecule has 0 amide bonds. The number of fused-ring (bicyclic) bond motifs is 2. The Kier molecular flexibility index (Phi) is 10.7. The first-order valence-corrected chi connectivity index (χ1v) is 13.9. The molecule has 47 heavy (non-hydrogen) atoms. The van der Waals surface area contributed by atoms with E-state index in [1.54, 1.807) is 62.0 Å². The van der Waals surface area contributed by atoms with E-state index in [9.17, 15) is 8.78 Å². The van der Waals surface area contributed by atoms with Crippen molar-refractivity contribution in [3.63, 3.8) is 0 Å². The average Bonchev–Trinajstić information content (AvgIpc) is 3.06. The molecule has 2 aromatic heterocycles. The number of anilines is 3. The van der Waals surface area contributed by atoms with E-state index in [1.165, 1.54) is 25.3 Å². The number of benzene rings is 3. The first kappa shape index (κ1) is 33.9. The van der Waals surface area contributed by atoms with Crippen LogP contribution in [-0.2, 0) is 0 Å². The lowest BCUT2D eigenvalue weighted by molar-refractivity contribution is 0.355. The molecule has 0 spiro atoms. The number of nitrogens with zero attached hydrogens (tertiary/aromatic N) is 3. The topological polar surface area (TPSA) is 68.7 Å². The molecule has 1 N–H and O–H groups in total. The van der Waals surface area contributed by atoms with Gasteiger partial charge in [0.1, 0.15) is 23.2 Å². The molecule has 0 bridgehead atoms. The SMILES string of the molecule is C.C=C1c2c(ccnc2Nc2ccc(Oc3ccnc4cc(OC)c(OC)cc34)c(F)c2)C=CN1c1ccc(F)cc1.C=CC(=C)F. The van der Waals surface area contributed by atoms with Gasteiger partial charge in [-0.15, -0.1) is 0 Å². The standard InChI is InChI=1S/C32H24F2N4O3.C4H5F.CH4/c1-19-31-20(12-15-38(19)23-7-4-21(33)5-8-23)10-13-36-32(31)37-22-6-9-28(25(34)16-22)41-27-11-14-35-26-18-30(40-3)29(39-2)17-24(26)27;1-3-4(2)5;/h4-18H,1H2,2-3H3,(H,36,37);3H,1-2H2;1H4. The molecule has 0 fully saturated rings. The molecule has 0 saturated carbocycles. The second-order valence-electron chi connectivity index (χ2n) is 9.79. The van der Waals surface area contributed by atoms with Crippen LogP contribution in [0.2, 0.25) is 0 Å². The van der Waals surface area contributed by atoms with Gasteiger partial charge in [-0.25, -0.2) is 18.2 Å². The number of aromatic nitrogens is 2. The summed E-state index contributed by atoms with van der Waals surface area (Å²) in [5, 5.41) is 3.85. The van der Waals surface area contributed by atoms with Crippen molar-refractivity contribution < 1.29 is 27.4 Å². The van der Waals surface area contributed by atoms with Gasteiger partial charge in [0.25, 0.3) is 0 Å². The van der Waals surface area contributed by atoms with Gasteiger partial charge in [0, 0.05) is 58.7 Å². The van der Waals surface area contributed by atoms with Crippen molar-refractivity contribution in [1.29, 1.82) is 0 Å². The lowest BCUT2D eigenvalue weighted by atomic mass is 10.0. The summed E-state index contributed by atoms with van der Waals surface area (Å²) in [6, 6.07) is 17.7. The summed E-state index contributed by atoms with van der Waals surface area (Å²) in [6.07, 6.45) is 8.08. The van der Waals surface area contributed by atoms with Crippen molar-refractivity contribution in [2.45, 2.75) is 7.43 Å². The zero-order valence-corrected chi connectivity index (χ0v) is 25.1. The maximum Gasteiger partial charge on any atom is 0.167 e. The first-order valence-electron chi connectivity index (χ1n) is 13.9. The van der Waals surface area contributed by atoms with E-state index in [0.717, 1.165) is 22.9 Å². The molecule has 6 rings (SSSR count). The Morgan fingerprint density at radius 1 is 0.872 bits per heavy atom. The number of hydrogen-bond acceptors (Lipinski definition) is 7. The average molecular weight is 639 g/mol. The third-order valence-electron chi connectivity index (χ3n) is 6.91. The van der Waals surface area contributed by atoms with Crippen LogP contribution in [0.3, 0.4) is 0 Å². The minimum atomic E-state index is -0.572. The molecule has 5 aromatic rings. The highest BCUT2D eigenvalue weighted by atomic mass is 19.1. The number of hydrogen-bond donors (Lipinski definition) is 1. The molecular weight excluding hydrogens is 605 g/mol. The van der Waals surface area contributed by atoms with Crippen molar-refractivity contribution in [2.24, 2.45) is 0 Å². The Bertz CT molecular complexity index is 1980. The van der Waals surface area contributed by atoms with Crippen LogP contribution in [0.5, 0.6) is 23.0 Å². The fourth-order valence-corrected chi connectivity index (χ4v) is 4.68. The Morgan fingerprint density at radius 3 is 2.21 bits per heavy atom. The molecule has 0 unspecified atom stereocenters. The molecule has 3 heterocycles. The zero-order valence-electron chi connectivity index (χ0n) is 25.1. The van der Waals surface area contributed by atoms with Crippen LogP contribution in [0.1, 0.15) is 18.6 Å². The molecule has 3 aromatic carbocycles. The van der Waals surface area contributed by atoms with E-state index in [1.807, 2.05) is 23.2 Å². The minimum Gasteiger partial charge on any atom is -0.493 e. The number of ether oxygens (including phenoxy) is 3. The van der Waals surface area contributed by atoms with E-state index in [2.05, 4.69) is 35.0 Å². The van der Waals surface area contributed by atoms with Crippen molar-refractivity contribution in [1.82, 2.24) is 9.97 Å². The molecule has 7 nitrogen and oxygen atoms in total. The van der Waals surface area contributed by atoms with E-state index in [0.29, 0.717) is 45.4 Å². The predicted molar refractivity (Wildman–Crippen MR) is 183 cm³/mol. The lowest BCUT2D eigenvalue weighted by Gasteiger charge is -2.29. The first-order chi connectivity index (χ1) is 22.2. The van der Waals surface area contributed by atoms with Crippen molar-refractivity contribution in [3.8, 4) is 23.0 Å². The monoisotopic (exact) mass is 638 g/mol. The Morgan fingerprint density at radius 2 is 1.55 bits per heavy atom. The van der Waals surface area contributed by atoms with Crippen LogP contribution >= 0.6 is 0 Å². The Labute approximate surface area is 271 Å². The molecule has 10 heteroatoms. The molecule has 240 valence electrons. The van der Waals surface area contributed by atoms with Crippen molar-refractivity contribution in [3.05, 3.63) is 140 Å². The fourth-order valence-electron chi connectivity index (χ4n) is 4.68. The van der Waals surface area contributed by atoms with Gasteiger partial charge >= 0.3 is 0 Å².